The third-order valence-electron chi connectivity index (χ3n) is 3.21. The minimum absolute atomic E-state index is 0.0786. The molecule has 0 radical (unpaired) electrons. The van der Waals surface area contributed by atoms with Gasteiger partial charge in [0.2, 0.25) is 0 Å². The Morgan fingerprint density at radius 2 is 1.95 bits per heavy atom. The van der Waals surface area contributed by atoms with Crippen molar-refractivity contribution in [1.82, 2.24) is 5.32 Å². The molecule has 1 amide bonds. The Morgan fingerprint density at radius 1 is 1.25 bits per heavy atom. The SMILES string of the molecule is Cc1ccccc1C(C)NC(=O)c1ccc(I)c(O)c1. The fourth-order valence-electron chi connectivity index (χ4n) is 2.08. The number of aromatic hydroxyl groups is 1. The number of phenolic OH excluding ortho intramolecular Hbond substituents is 1. The van der Waals surface area contributed by atoms with Crippen LogP contribution in [0.4, 0.5) is 0 Å². The summed E-state index contributed by atoms with van der Waals surface area (Å²) in [4.78, 5) is 12.2. The summed E-state index contributed by atoms with van der Waals surface area (Å²) in [5, 5.41) is 12.6. The van der Waals surface area contributed by atoms with E-state index in [4.69, 9.17) is 0 Å². The van der Waals surface area contributed by atoms with E-state index in [9.17, 15) is 9.90 Å². The summed E-state index contributed by atoms with van der Waals surface area (Å²) in [7, 11) is 0. The molecule has 0 saturated carbocycles. The molecule has 4 heteroatoms. The average molecular weight is 381 g/mol. The summed E-state index contributed by atoms with van der Waals surface area (Å²) in [5.74, 6) is -0.0609. The first-order valence-corrected chi connectivity index (χ1v) is 7.42. The number of carbonyl (C=O) groups is 1. The topological polar surface area (TPSA) is 49.3 Å². The Kier molecular flexibility index (Phi) is 4.65. The van der Waals surface area contributed by atoms with Crippen LogP contribution in [0, 0.1) is 10.5 Å². The molecular formula is C16H16INO2. The van der Waals surface area contributed by atoms with Gasteiger partial charge in [-0.1, -0.05) is 24.3 Å². The van der Waals surface area contributed by atoms with Crippen LogP contribution >= 0.6 is 22.6 Å². The molecule has 0 bridgehead atoms. The zero-order valence-electron chi connectivity index (χ0n) is 11.4. The van der Waals surface area contributed by atoms with Gasteiger partial charge in [0, 0.05) is 5.56 Å². The van der Waals surface area contributed by atoms with E-state index in [1.165, 1.54) is 6.07 Å². The lowest BCUT2D eigenvalue weighted by atomic mass is 10.0. The molecule has 2 rings (SSSR count). The van der Waals surface area contributed by atoms with Gasteiger partial charge in [-0.2, -0.15) is 0 Å². The second-order valence-electron chi connectivity index (χ2n) is 4.72. The minimum Gasteiger partial charge on any atom is -0.507 e. The molecule has 0 aliphatic carbocycles. The first-order chi connectivity index (χ1) is 9.49. The third kappa shape index (κ3) is 3.30. The lowest BCUT2D eigenvalue weighted by molar-refractivity contribution is 0.0939. The second-order valence-corrected chi connectivity index (χ2v) is 5.88. The summed E-state index contributed by atoms with van der Waals surface area (Å²) >= 11 is 2.02. The van der Waals surface area contributed by atoms with Gasteiger partial charge in [0.1, 0.15) is 5.75 Å². The predicted molar refractivity (Wildman–Crippen MR) is 87.9 cm³/mol. The number of phenols is 1. The highest BCUT2D eigenvalue weighted by molar-refractivity contribution is 14.1. The fourth-order valence-corrected chi connectivity index (χ4v) is 2.42. The minimum atomic E-state index is -0.188. The van der Waals surface area contributed by atoms with Crippen molar-refractivity contribution < 1.29 is 9.90 Å². The van der Waals surface area contributed by atoms with Crippen LogP contribution in [0.15, 0.2) is 42.5 Å². The smallest absolute Gasteiger partial charge is 0.251 e. The van der Waals surface area contributed by atoms with Gasteiger partial charge in [-0.3, -0.25) is 4.79 Å². The highest BCUT2D eigenvalue weighted by Gasteiger charge is 2.13. The highest BCUT2D eigenvalue weighted by Crippen LogP contribution is 2.22. The van der Waals surface area contributed by atoms with E-state index in [0.29, 0.717) is 5.56 Å². The van der Waals surface area contributed by atoms with Crippen molar-refractivity contribution in [2.75, 3.05) is 0 Å². The first kappa shape index (κ1) is 14.8. The van der Waals surface area contributed by atoms with E-state index in [1.54, 1.807) is 12.1 Å². The van der Waals surface area contributed by atoms with Crippen molar-refractivity contribution in [2.45, 2.75) is 19.9 Å². The number of halogens is 1. The van der Waals surface area contributed by atoms with Crippen LogP contribution in [-0.2, 0) is 0 Å². The number of aryl methyl sites for hydroxylation is 1. The Bertz CT molecular complexity index is 640. The van der Waals surface area contributed by atoms with Crippen molar-refractivity contribution in [2.24, 2.45) is 0 Å². The molecule has 0 aliphatic rings. The summed E-state index contributed by atoms with van der Waals surface area (Å²) in [6.07, 6.45) is 0. The lowest BCUT2D eigenvalue weighted by Gasteiger charge is -2.16. The number of hydrogen-bond acceptors (Lipinski definition) is 2. The highest BCUT2D eigenvalue weighted by atomic mass is 127. The van der Waals surface area contributed by atoms with E-state index in [-0.39, 0.29) is 17.7 Å². The zero-order chi connectivity index (χ0) is 14.7. The van der Waals surface area contributed by atoms with Crippen molar-refractivity contribution in [3.8, 4) is 5.75 Å². The van der Waals surface area contributed by atoms with Crippen LogP contribution in [0.5, 0.6) is 5.75 Å². The maximum Gasteiger partial charge on any atom is 0.251 e. The van der Waals surface area contributed by atoms with Crippen LogP contribution in [0.2, 0.25) is 0 Å². The van der Waals surface area contributed by atoms with Gasteiger partial charge in [-0.25, -0.2) is 0 Å². The van der Waals surface area contributed by atoms with Crippen LogP contribution < -0.4 is 5.32 Å². The number of hydrogen-bond donors (Lipinski definition) is 2. The monoisotopic (exact) mass is 381 g/mol. The molecule has 3 nitrogen and oxygen atoms in total. The van der Waals surface area contributed by atoms with Gasteiger partial charge in [-0.05, 0) is 65.8 Å². The molecule has 0 aromatic heterocycles. The molecule has 1 unspecified atom stereocenters. The van der Waals surface area contributed by atoms with Crippen LogP contribution in [0.1, 0.15) is 34.5 Å². The van der Waals surface area contributed by atoms with Crippen molar-refractivity contribution >= 4 is 28.5 Å². The van der Waals surface area contributed by atoms with Gasteiger partial charge < -0.3 is 10.4 Å². The average Bonchev–Trinajstić information content (AvgIpc) is 2.42. The summed E-state index contributed by atoms with van der Waals surface area (Å²) in [6, 6.07) is 12.8. The second kappa shape index (κ2) is 6.26. The standard InChI is InChI=1S/C16H16INO2/c1-10-5-3-4-6-13(10)11(2)18-16(20)12-7-8-14(17)15(19)9-12/h3-9,11,19H,1-2H3,(H,18,20). The van der Waals surface area contributed by atoms with E-state index >= 15 is 0 Å². The van der Waals surface area contributed by atoms with Crippen LogP contribution in [0.25, 0.3) is 0 Å². The molecule has 0 saturated heterocycles. The molecule has 0 fully saturated rings. The molecule has 2 aromatic carbocycles. The molecule has 104 valence electrons. The van der Waals surface area contributed by atoms with Crippen molar-refractivity contribution in [1.29, 1.82) is 0 Å². The number of nitrogens with one attached hydrogen (secondary N) is 1. The first-order valence-electron chi connectivity index (χ1n) is 6.34. The lowest BCUT2D eigenvalue weighted by Crippen LogP contribution is -2.27. The maximum absolute atomic E-state index is 12.2. The number of rotatable bonds is 3. The van der Waals surface area contributed by atoms with Gasteiger partial charge in [0.25, 0.3) is 5.91 Å². The summed E-state index contributed by atoms with van der Waals surface area (Å²) in [6.45, 7) is 3.97. The molecule has 0 spiro atoms. The van der Waals surface area contributed by atoms with Gasteiger partial charge in [0.05, 0.1) is 9.61 Å². The fraction of sp³-hybridized carbons (Fsp3) is 0.188. The van der Waals surface area contributed by atoms with Gasteiger partial charge in [0.15, 0.2) is 0 Å². The Labute approximate surface area is 132 Å². The van der Waals surface area contributed by atoms with Gasteiger partial charge in [-0.15, -0.1) is 0 Å². The third-order valence-corrected chi connectivity index (χ3v) is 4.12. The van der Waals surface area contributed by atoms with Crippen molar-refractivity contribution in [3.05, 3.63) is 62.7 Å². The largest absolute Gasteiger partial charge is 0.507 e. The molecule has 0 aliphatic heterocycles. The molecule has 20 heavy (non-hydrogen) atoms. The van der Waals surface area contributed by atoms with Crippen LogP contribution in [-0.4, -0.2) is 11.0 Å². The number of amides is 1. The molecule has 2 aromatic rings. The Hall–Kier alpha value is -1.56. The van der Waals surface area contributed by atoms with E-state index < -0.39 is 0 Å². The van der Waals surface area contributed by atoms with E-state index in [1.807, 2.05) is 60.7 Å². The molecular weight excluding hydrogens is 365 g/mol. The summed E-state index contributed by atoms with van der Waals surface area (Å²) < 4.78 is 0.728. The molecule has 1 atom stereocenters. The molecule has 0 heterocycles. The van der Waals surface area contributed by atoms with E-state index in [2.05, 4.69) is 5.32 Å². The Balaban J connectivity index is 2.15. The summed E-state index contributed by atoms with van der Waals surface area (Å²) in [5.41, 5.74) is 2.70. The zero-order valence-corrected chi connectivity index (χ0v) is 13.5. The normalized spacial score (nSPS) is 11.9. The number of carbonyl (C=O) groups excluding carboxylic acids is 1. The van der Waals surface area contributed by atoms with Gasteiger partial charge >= 0.3 is 0 Å². The maximum atomic E-state index is 12.2. The predicted octanol–water partition coefficient (Wildman–Crippen LogP) is 3.80. The van der Waals surface area contributed by atoms with E-state index in [0.717, 1.165) is 14.7 Å². The van der Waals surface area contributed by atoms with Crippen LogP contribution in [0.3, 0.4) is 0 Å². The van der Waals surface area contributed by atoms with Crippen molar-refractivity contribution in [3.63, 3.8) is 0 Å². The molecule has 2 N–H and O–H groups in total. The quantitative estimate of drug-likeness (QED) is 0.795. The number of benzene rings is 2. The Morgan fingerprint density at radius 3 is 2.60 bits per heavy atom.